The van der Waals surface area contributed by atoms with Crippen LogP contribution in [0.4, 0.5) is 0 Å². The third-order valence-corrected chi connectivity index (χ3v) is 3.16. The molecule has 0 aromatic rings. The Hall–Kier alpha value is -1.10. The van der Waals surface area contributed by atoms with Crippen molar-refractivity contribution in [3.63, 3.8) is 0 Å². The second-order valence-electron chi connectivity index (χ2n) is 4.96. The van der Waals surface area contributed by atoms with Gasteiger partial charge in [0.2, 0.25) is 0 Å². The second kappa shape index (κ2) is 5.49. The van der Waals surface area contributed by atoms with Gasteiger partial charge in [0, 0.05) is 19.0 Å². The Kier molecular flexibility index (Phi) is 4.51. The van der Waals surface area contributed by atoms with Crippen molar-refractivity contribution < 1.29 is 19.4 Å². The van der Waals surface area contributed by atoms with E-state index in [1.54, 1.807) is 20.8 Å². The molecule has 0 bridgehead atoms. The maximum atomic E-state index is 11.7. The van der Waals surface area contributed by atoms with Gasteiger partial charge >= 0.3 is 11.9 Å². The van der Waals surface area contributed by atoms with Crippen molar-refractivity contribution in [1.82, 2.24) is 4.90 Å². The quantitative estimate of drug-likeness (QED) is 0.568. The summed E-state index contributed by atoms with van der Waals surface area (Å²) in [5.41, 5.74) is -0.826. The summed E-state index contributed by atoms with van der Waals surface area (Å²) in [6.07, 6.45) is 1.68. The number of aliphatic hydroxyl groups is 1. The monoisotopic (exact) mass is 243 g/mol. The molecule has 0 aromatic carbocycles. The van der Waals surface area contributed by atoms with Crippen LogP contribution >= 0.6 is 0 Å². The maximum absolute atomic E-state index is 11.7. The minimum atomic E-state index is -0.826. The summed E-state index contributed by atoms with van der Waals surface area (Å²) in [5.74, 6) is -1.39. The lowest BCUT2D eigenvalue weighted by atomic mass is 9.84. The van der Waals surface area contributed by atoms with Crippen molar-refractivity contribution in [2.75, 3.05) is 19.7 Å². The summed E-state index contributed by atoms with van der Waals surface area (Å²) in [4.78, 5) is 24.5. The number of hydrogen-bond acceptors (Lipinski definition) is 4. The lowest BCUT2D eigenvalue weighted by Gasteiger charge is -2.38. The third-order valence-electron chi connectivity index (χ3n) is 3.16. The Labute approximate surface area is 102 Å². The molecule has 1 rings (SSSR count). The fraction of sp³-hybridized carbons (Fsp3) is 0.833. The van der Waals surface area contributed by atoms with Crippen LogP contribution in [0.3, 0.4) is 0 Å². The predicted octanol–water partition coefficient (Wildman–Crippen LogP) is 0.559. The fourth-order valence-electron chi connectivity index (χ4n) is 2.06. The van der Waals surface area contributed by atoms with Crippen molar-refractivity contribution in [2.24, 2.45) is 5.92 Å². The van der Waals surface area contributed by atoms with Gasteiger partial charge in [-0.05, 0) is 33.6 Å². The molecule has 1 N–H and O–H groups in total. The summed E-state index contributed by atoms with van der Waals surface area (Å²) in [6, 6.07) is 0. The van der Waals surface area contributed by atoms with Gasteiger partial charge in [-0.15, -0.1) is 0 Å². The summed E-state index contributed by atoms with van der Waals surface area (Å²) < 4.78 is 4.69. The molecule has 1 unspecified atom stereocenters. The van der Waals surface area contributed by atoms with Crippen molar-refractivity contribution in [1.29, 1.82) is 0 Å². The van der Waals surface area contributed by atoms with E-state index < -0.39 is 17.5 Å². The molecule has 0 saturated carbocycles. The number of amides is 1. The zero-order valence-corrected chi connectivity index (χ0v) is 10.7. The van der Waals surface area contributed by atoms with Crippen molar-refractivity contribution in [3.05, 3.63) is 0 Å². The molecule has 0 spiro atoms. The highest BCUT2D eigenvalue weighted by Gasteiger charge is 2.35. The predicted molar refractivity (Wildman–Crippen MR) is 62.2 cm³/mol. The zero-order valence-electron chi connectivity index (χ0n) is 10.7. The minimum Gasteiger partial charge on any atom is -0.459 e. The number of nitrogens with zero attached hydrogens (tertiary/aromatic N) is 1. The summed E-state index contributed by atoms with van der Waals surface area (Å²) in [6.45, 7) is 6.31. The fourth-order valence-corrected chi connectivity index (χ4v) is 2.06. The lowest BCUT2D eigenvalue weighted by Crippen LogP contribution is -2.49. The van der Waals surface area contributed by atoms with Crippen molar-refractivity contribution in [2.45, 2.75) is 39.2 Å². The third kappa shape index (κ3) is 3.70. The first-order chi connectivity index (χ1) is 7.86. The number of rotatable bonds is 2. The molecular formula is C12H21NO4. The first-order valence-corrected chi connectivity index (χ1v) is 6.04. The van der Waals surface area contributed by atoms with E-state index in [0.717, 1.165) is 12.8 Å². The van der Waals surface area contributed by atoms with Crippen LogP contribution in [-0.2, 0) is 14.3 Å². The van der Waals surface area contributed by atoms with Gasteiger partial charge in [0.1, 0.15) is 0 Å². The molecule has 17 heavy (non-hydrogen) atoms. The van der Waals surface area contributed by atoms with Crippen LogP contribution in [-0.4, -0.2) is 47.2 Å². The van der Waals surface area contributed by atoms with Gasteiger partial charge in [0.25, 0.3) is 0 Å². The van der Waals surface area contributed by atoms with E-state index in [-0.39, 0.29) is 12.5 Å². The van der Waals surface area contributed by atoms with Crippen LogP contribution in [0.5, 0.6) is 0 Å². The van der Waals surface area contributed by atoms with E-state index in [9.17, 15) is 14.7 Å². The molecule has 1 aliphatic rings. The van der Waals surface area contributed by atoms with Gasteiger partial charge in [0.15, 0.2) is 0 Å². The normalized spacial score (nSPS) is 21.2. The van der Waals surface area contributed by atoms with Gasteiger partial charge in [-0.25, -0.2) is 4.79 Å². The topological polar surface area (TPSA) is 66.8 Å². The highest BCUT2D eigenvalue weighted by Crippen LogP contribution is 2.26. The molecule has 98 valence electrons. The van der Waals surface area contributed by atoms with Crippen LogP contribution in [0.15, 0.2) is 0 Å². The molecule has 5 nitrogen and oxygen atoms in total. The first-order valence-electron chi connectivity index (χ1n) is 6.04. The van der Waals surface area contributed by atoms with Gasteiger partial charge in [-0.2, -0.15) is 0 Å². The Morgan fingerprint density at radius 2 is 2.12 bits per heavy atom. The highest BCUT2D eigenvalue weighted by atomic mass is 16.5. The molecule has 5 heteroatoms. The van der Waals surface area contributed by atoms with Crippen molar-refractivity contribution in [3.8, 4) is 0 Å². The molecule has 1 aliphatic heterocycles. The molecule has 0 aromatic heterocycles. The Morgan fingerprint density at radius 3 is 2.65 bits per heavy atom. The van der Waals surface area contributed by atoms with Gasteiger partial charge < -0.3 is 14.7 Å². The number of hydrogen-bond donors (Lipinski definition) is 1. The number of ether oxygens (including phenoxy) is 1. The number of piperidine rings is 1. The summed E-state index contributed by atoms with van der Waals surface area (Å²) in [5, 5.41) is 9.93. The zero-order chi connectivity index (χ0) is 13.1. The molecule has 1 fully saturated rings. The molecular weight excluding hydrogens is 222 g/mol. The minimum absolute atomic E-state index is 0.00891. The molecule has 1 amide bonds. The molecule has 1 atom stereocenters. The van der Waals surface area contributed by atoms with E-state index in [4.69, 9.17) is 0 Å². The molecule has 1 saturated heterocycles. The molecule has 0 aliphatic carbocycles. The van der Waals surface area contributed by atoms with Crippen molar-refractivity contribution >= 4 is 11.9 Å². The van der Waals surface area contributed by atoms with E-state index in [0.29, 0.717) is 13.1 Å². The van der Waals surface area contributed by atoms with Gasteiger partial charge in [0.05, 0.1) is 12.2 Å². The number of esters is 1. The molecule has 0 radical (unpaired) electrons. The van der Waals surface area contributed by atoms with Crippen LogP contribution in [0.1, 0.15) is 33.6 Å². The average Bonchev–Trinajstić information content (AvgIpc) is 2.27. The average molecular weight is 243 g/mol. The second-order valence-corrected chi connectivity index (χ2v) is 4.96. The van der Waals surface area contributed by atoms with Crippen LogP contribution in [0.2, 0.25) is 0 Å². The standard InChI is InChI=1S/C12H21NO4/c1-4-17-11(15)10(14)13-7-5-6-9(8-13)12(2,3)16/h9,16H,4-8H2,1-3H3. The number of carbonyl (C=O) groups excluding carboxylic acids is 2. The SMILES string of the molecule is CCOC(=O)C(=O)N1CCCC(C(C)(C)O)C1. The summed E-state index contributed by atoms with van der Waals surface area (Å²) in [7, 11) is 0. The first kappa shape index (κ1) is 14.0. The Balaban J connectivity index is 2.61. The smallest absolute Gasteiger partial charge is 0.397 e. The van der Waals surface area contributed by atoms with Gasteiger partial charge in [-0.1, -0.05) is 0 Å². The highest BCUT2D eigenvalue weighted by molar-refractivity contribution is 6.32. The molecule has 1 heterocycles. The Morgan fingerprint density at radius 1 is 1.47 bits per heavy atom. The number of carbonyl (C=O) groups is 2. The van der Waals surface area contributed by atoms with Crippen LogP contribution < -0.4 is 0 Å². The van der Waals surface area contributed by atoms with E-state index in [2.05, 4.69) is 4.74 Å². The van der Waals surface area contributed by atoms with E-state index in [1.807, 2.05) is 0 Å². The van der Waals surface area contributed by atoms with Crippen LogP contribution in [0.25, 0.3) is 0 Å². The van der Waals surface area contributed by atoms with E-state index in [1.165, 1.54) is 4.90 Å². The van der Waals surface area contributed by atoms with E-state index >= 15 is 0 Å². The van der Waals surface area contributed by atoms with Gasteiger partial charge in [-0.3, -0.25) is 4.79 Å². The Bertz CT molecular complexity index is 295. The van der Waals surface area contributed by atoms with Crippen LogP contribution in [0, 0.1) is 5.92 Å². The summed E-state index contributed by atoms with van der Waals surface area (Å²) >= 11 is 0. The number of likely N-dealkylation sites (tertiary alicyclic amines) is 1. The maximum Gasteiger partial charge on any atom is 0.397 e. The lowest BCUT2D eigenvalue weighted by molar-refractivity contribution is -0.161. The largest absolute Gasteiger partial charge is 0.459 e.